The number of β-lactam (4-membered cyclic amide) rings is 1. The van der Waals surface area contributed by atoms with Crippen LogP contribution in [0.3, 0.4) is 0 Å². The van der Waals surface area contributed by atoms with Gasteiger partial charge in [0.15, 0.2) is 6.10 Å². The Morgan fingerprint density at radius 2 is 2.06 bits per heavy atom. The third-order valence-electron chi connectivity index (χ3n) is 7.01. The highest BCUT2D eigenvalue weighted by Crippen LogP contribution is 2.51. The summed E-state index contributed by atoms with van der Waals surface area (Å²) in [4.78, 5) is 41.8. The molecule has 0 radical (unpaired) electrons. The number of carbonyl (C=O) groups is 3. The van der Waals surface area contributed by atoms with Crippen molar-refractivity contribution in [2.24, 2.45) is 0 Å². The lowest BCUT2D eigenvalue weighted by atomic mass is 9.92. The molecule has 3 aliphatic heterocycles. The number of rotatable bonds is 8. The van der Waals surface area contributed by atoms with E-state index in [1.165, 1.54) is 16.7 Å². The molecule has 3 saturated heterocycles. The second kappa shape index (κ2) is 9.67. The molecule has 0 aliphatic carbocycles. The molecule has 3 fully saturated rings. The highest BCUT2D eigenvalue weighted by molar-refractivity contribution is 8.01. The molecule has 3 amide bonds. The van der Waals surface area contributed by atoms with Crippen LogP contribution in [0.4, 0.5) is 0 Å². The smallest absolute Gasteiger partial charge is 0.255 e. The minimum Gasteiger partial charge on any atom is -0.467 e. The molecule has 0 saturated carbocycles. The maximum atomic E-state index is 13.5. The molecular formula is C25H29N3O6S. The van der Waals surface area contributed by atoms with Gasteiger partial charge in [0.1, 0.15) is 22.8 Å². The molecule has 35 heavy (non-hydrogen) atoms. The van der Waals surface area contributed by atoms with Gasteiger partial charge in [-0.05, 0) is 43.9 Å². The number of hydrogen-bond donors (Lipinski definition) is 2. The predicted molar refractivity (Wildman–Crippen MR) is 128 cm³/mol. The number of furan rings is 1. The molecule has 3 aliphatic rings. The molecule has 9 nitrogen and oxygen atoms in total. The number of hydrogen-bond acceptors (Lipinski definition) is 7. The van der Waals surface area contributed by atoms with Gasteiger partial charge in [0.05, 0.1) is 24.7 Å². The minimum atomic E-state index is -1.50. The van der Waals surface area contributed by atoms with Gasteiger partial charge in [-0.25, -0.2) is 0 Å². The number of benzene rings is 1. The molecule has 4 heterocycles. The fourth-order valence-corrected chi connectivity index (χ4v) is 6.40. The molecule has 10 heteroatoms. The number of nitrogens with zero attached hydrogens (tertiary/aromatic N) is 2. The Hall–Kier alpha value is -2.82. The molecule has 1 aromatic carbocycles. The third-order valence-corrected chi connectivity index (χ3v) is 8.45. The summed E-state index contributed by atoms with van der Waals surface area (Å²) in [6.07, 6.45) is 1.15. The molecule has 2 aromatic rings. The van der Waals surface area contributed by atoms with E-state index in [1.54, 1.807) is 23.3 Å². The van der Waals surface area contributed by atoms with Crippen LogP contribution in [-0.2, 0) is 32.1 Å². The summed E-state index contributed by atoms with van der Waals surface area (Å²) in [7, 11) is 0. The van der Waals surface area contributed by atoms with Gasteiger partial charge < -0.3 is 29.4 Å². The maximum Gasteiger partial charge on any atom is 0.255 e. The highest BCUT2D eigenvalue weighted by Gasteiger charge is 2.65. The lowest BCUT2D eigenvalue weighted by molar-refractivity contribution is -0.168. The number of ether oxygens (including phenoxy) is 1. The quantitative estimate of drug-likeness (QED) is 0.530. The van der Waals surface area contributed by atoms with Crippen molar-refractivity contribution < 1.29 is 28.6 Å². The van der Waals surface area contributed by atoms with Crippen molar-refractivity contribution in [3.8, 4) is 0 Å². The predicted octanol–water partition coefficient (Wildman–Crippen LogP) is 1.51. The first-order valence-electron chi connectivity index (χ1n) is 11.8. The molecule has 2 N–H and O–H groups in total. The van der Waals surface area contributed by atoms with Gasteiger partial charge in [0, 0.05) is 6.61 Å². The number of aliphatic hydroxyl groups excluding tert-OH is 1. The van der Waals surface area contributed by atoms with Gasteiger partial charge in [-0.3, -0.25) is 14.4 Å². The molecule has 5 rings (SSSR count). The van der Waals surface area contributed by atoms with Crippen LogP contribution in [-0.4, -0.2) is 74.3 Å². The van der Waals surface area contributed by atoms with E-state index in [1.807, 2.05) is 37.3 Å². The second-order valence-electron chi connectivity index (χ2n) is 9.29. The minimum absolute atomic E-state index is 0.183. The number of aliphatic hydroxyl groups is 1. The van der Waals surface area contributed by atoms with Gasteiger partial charge in [0.2, 0.25) is 11.8 Å². The number of amides is 3. The first-order valence-corrected chi connectivity index (χ1v) is 12.8. The monoisotopic (exact) mass is 499 g/mol. The summed E-state index contributed by atoms with van der Waals surface area (Å²) in [6.45, 7) is 2.77. The summed E-state index contributed by atoms with van der Waals surface area (Å²) in [5, 5.41) is 14.0. The van der Waals surface area contributed by atoms with E-state index in [0.717, 1.165) is 12.0 Å². The van der Waals surface area contributed by atoms with Crippen molar-refractivity contribution in [2.45, 2.75) is 61.9 Å². The van der Waals surface area contributed by atoms with Crippen LogP contribution in [0.25, 0.3) is 0 Å². The number of likely N-dealkylation sites (tertiary alicyclic amines) is 1. The van der Waals surface area contributed by atoms with Gasteiger partial charge in [0.25, 0.3) is 5.91 Å². The Labute approximate surface area is 207 Å². The highest BCUT2D eigenvalue weighted by atomic mass is 32.2. The second-order valence-corrected chi connectivity index (χ2v) is 10.7. The van der Waals surface area contributed by atoms with Crippen LogP contribution in [0, 0.1) is 0 Å². The van der Waals surface area contributed by atoms with Gasteiger partial charge in [-0.2, -0.15) is 0 Å². The first-order chi connectivity index (χ1) is 16.9. The number of fused-ring (bicyclic) bond motifs is 1. The van der Waals surface area contributed by atoms with Crippen molar-refractivity contribution in [1.82, 2.24) is 15.1 Å². The molecule has 1 aromatic heterocycles. The van der Waals surface area contributed by atoms with E-state index in [-0.39, 0.29) is 24.1 Å². The van der Waals surface area contributed by atoms with Gasteiger partial charge in [-0.15, -0.1) is 11.8 Å². The fraction of sp³-hybridized carbons (Fsp3) is 0.480. The molecule has 0 spiro atoms. The van der Waals surface area contributed by atoms with Gasteiger partial charge in [-0.1, -0.05) is 30.3 Å². The van der Waals surface area contributed by atoms with Crippen molar-refractivity contribution in [2.75, 3.05) is 12.5 Å². The summed E-state index contributed by atoms with van der Waals surface area (Å²) >= 11 is 1.48. The van der Waals surface area contributed by atoms with E-state index in [9.17, 15) is 19.5 Å². The number of thioether (sulfide) groups is 1. The average Bonchev–Trinajstić information content (AvgIpc) is 3.63. The Bertz CT molecular complexity index is 1070. The SMILES string of the molecule is CC12SCN(C(=O)[C@@H](O)[C@H](Cc3ccccc3)NC(=O)[C@@H]3CCCO3)[C@@H]1C(=O)N2Cc1ccco1. The first kappa shape index (κ1) is 23.9. The molecule has 5 atom stereocenters. The average molecular weight is 500 g/mol. The van der Waals surface area contributed by atoms with Crippen LogP contribution < -0.4 is 5.32 Å². The van der Waals surface area contributed by atoms with Crippen LogP contribution in [0.1, 0.15) is 31.1 Å². The topological polar surface area (TPSA) is 112 Å². The normalized spacial score (nSPS) is 27.3. The maximum absolute atomic E-state index is 13.5. The van der Waals surface area contributed by atoms with Crippen LogP contribution in [0.5, 0.6) is 0 Å². The lowest BCUT2D eigenvalue weighted by Crippen LogP contribution is -2.73. The molecular weight excluding hydrogens is 470 g/mol. The zero-order valence-corrected chi connectivity index (χ0v) is 20.3. The van der Waals surface area contributed by atoms with E-state index in [2.05, 4.69) is 5.32 Å². The van der Waals surface area contributed by atoms with E-state index in [0.29, 0.717) is 25.3 Å². The molecule has 1 unspecified atom stereocenters. The largest absolute Gasteiger partial charge is 0.467 e. The summed E-state index contributed by atoms with van der Waals surface area (Å²) < 4.78 is 10.9. The zero-order chi connectivity index (χ0) is 24.6. The summed E-state index contributed by atoms with van der Waals surface area (Å²) in [5.41, 5.74) is 0.877. The summed E-state index contributed by atoms with van der Waals surface area (Å²) in [5.74, 6) is -0.137. The Balaban J connectivity index is 1.30. The fourth-order valence-electron chi connectivity index (χ4n) is 5.03. The van der Waals surface area contributed by atoms with Crippen molar-refractivity contribution in [1.29, 1.82) is 0 Å². The summed E-state index contributed by atoms with van der Waals surface area (Å²) in [6, 6.07) is 11.4. The van der Waals surface area contributed by atoms with E-state index < -0.39 is 35.1 Å². The van der Waals surface area contributed by atoms with Crippen LogP contribution >= 0.6 is 11.8 Å². The third kappa shape index (κ3) is 4.46. The Morgan fingerprint density at radius 1 is 1.26 bits per heavy atom. The van der Waals surface area contributed by atoms with Crippen LogP contribution in [0.15, 0.2) is 53.1 Å². The Morgan fingerprint density at radius 3 is 2.74 bits per heavy atom. The van der Waals surface area contributed by atoms with Crippen LogP contribution in [0.2, 0.25) is 0 Å². The van der Waals surface area contributed by atoms with Crippen molar-refractivity contribution >= 4 is 29.5 Å². The zero-order valence-electron chi connectivity index (χ0n) is 19.5. The van der Waals surface area contributed by atoms with E-state index in [4.69, 9.17) is 9.15 Å². The lowest BCUT2D eigenvalue weighted by Gasteiger charge is -2.52. The van der Waals surface area contributed by atoms with Crippen molar-refractivity contribution in [3.05, 3.63) is 60.1 Å². The molecule has 186 valence electrons. The number of nitrogens with one attached hydrogen (secondary N) is 1. The standard InChI is InChI=1S/C25H29N3O6S/c1-25-21(24(32)28(25)14-17-9-5-11-33-17)27(15-35-25)23(31)20(29)18(13-16-7-3-2-4-8-16)26-22(30)19-10-6-12-34-19/h2-5,7-9,11,18-21,29H,6,10,12-15H2,1H3,(H,26,30)/t18-,19-,20-,21+,25?/m0/s1. The number of carbonyl (C=O) groups excluding carboxylic acids is 3. The molecule has 0 bridgehead atoms. The van der Waals surface area contributed by atoms with E-state index >= 15 is 0 Å². The van der Waals surface area contributed by atoms with Gasteiger partial charge >= 0.3 is 0 Å². The van der Waals surface area contributed by atoms with Crippen molar-refractivity contribution in [3.63, 3.8) is 0 Å². The Kier molecular flexibility index (Phi) is 6.61.